The molecule has 1 aliphatic heterocycles. The molecule has 1 aliphatic carbocycles. The van der Waals surface area contributed by atoms with Crippen LogP contribution in [0.15, 0.2) is 24.3 Å². The predicted octanol–water partition coefficient (Wildman–Crippen LogP) is 4.01. The van der Waals surface area contributed by atoms with Crippen LogP contribution in [-0.4, -0.2) is 46.5 Å². The number of rotatable bonds is 4. The van der Waals surface area contributed by atoms with Crippen molar-refractivity contribution in [3.63, 3.8) is 0 Å². The lowest BCUT2D eigenvalue weighted by atomic mass is 9.94. The zero-order chi connectivity index (χ0) is 16.2. The van der Waals surface area contributed by atoms with E-state index in [1.54, 1.807) is 0 Å². The average molecular weight is 353 g/mol. The van der Waals surface area contributed by atoms with Crippen molar-refractivity contribution in [1.29, 1.82) is 0 Å². The number of thioether (sulfide) groups is 1. The van der Waals surface area contributed by atoms with Crippen LogP contribution in [0.25, 0.3) is 0 Å². The first-order valence-electron chi connectivity index (χ1n) is 8.48. The van der Waals surface area contributed by atoms with Crippen molar-refractivity contribution >= 4 is 29.3 Å². The summed E-state index contributed by atoms with van der Waals surface area (Å²) in [5.41, 5.74) is 1.22. The van der Waals surface area contributed by atoms with Crippen molar-refractivity contribution in [2.24, 2.45) is 0 Å². The molecule has 0 aromatic heterocycles. The zero-order valence-electron chi connectivity index (χ0n) is 13.7. The molecule has 0 N–H and O–H groups in total. The number of hydrogen-bond donors (Lipinski definition) is 0. The molecule has 0 bridgehead atoms. The number of likely N-dealkylation sites (N-methyl/N-ethyl adjacent to an activating group) is 1. The van der Waals surface area contributed by atoms with E-state index in [9.17, 15) is 4.79 Å². The van der Waals surface area contributed by atoms with Gasteiger partial charge in [0.25, 0.3) is 0 Å². The van der Waals surface area contributed by atoms with Gasteiger partial charge in [0.05, 0.1) is 6.04 Å². The lowest BCUT2D eigenvalue weighted by Crippen LogP contribution is -2.49. The third-order valence-corrected chi connectivity index (χ3v) is 6.35. The van der Waals surface area contributed by atoms with Gasteiger partial charge < -0.3 is 4.90 Å². The summed E-state index contributed by atoms with van der Waals surface area (Å²) in [6.45, 7) is 0.819. The molecule has 0 spiro atoms. The molecular weight excluding hydrogens is 328 g/mol. The summed E-state index contributed by atoms with van der Waals surface area (Å²) in [5.74, 6) is 2.14. The molecule has 2 aliphatic rings. The van der Waals surface area contributed by atoms with Crippen LogP contribution in [0.1, 0.15) is 37.7 Å². The van der Waals surface area contributed by atoms with E-state index in [0.717, 1.165) is 23.2 Å². The van der Waals surface area contributed by atoms with Crippen LogP contribution >= 0.6 is 23.4 Å². The molecule has 126 valence electrons. The Hall–Kier alpha value is -0.710. The van der Waals surface area contributed by atoms with Gasteiger partial charge in [0.2, 0.25) is 5.91 Å². The molecule has 3 rings (SSSR count). The maximum absolute atomic E-state index is 12.9. The minimum absolute atomic E-state index is 0.0163. The second-order valence-electron chi connectivity index (χ2n) is 6.63. The fourth-order valence-corrected chi connectivity index (χ4v) is 4.88. The molecule has 1 amide bonds. The molecule has 2 fully saturated rings. The van der Waals surface area contributed by atoms with Crippen molar-refractivity contribution in [2.75, 3.05) is 18.7 Å². The molecule has 3 nitrogen and oxygen atoms in total. The van der Waals surface area contributed by atoms with Crippen LogP contribution < -0.4 is 0 Å². The maximum atomic E-state index is 12.9. The highest BCUT2D eigenvalue weighted by Crippen LogP contribution is 2.27. The SMILES string of the molecule is CN(C(=O)[C@H]1CSCN1Cc1ccc(Cl)cc1)C1CCCCC1. The van der Waals surface area contributed by atoms with Crippen LogP contribution in [0, 0.1) is 0 Å². The number of carbonyl (C=O) groups is 1. The maximum Gasteiger partial charge on any atom is 0.240 e. The number of halogens is 1. The van der Waals surface area contributed by atoms with Gasteiger partial charge in [-0.2, -0.15) is 0 Å². The second kappa shape index (κ2) is 7.91. The Kier molecular flexibility index (Phi) is 5.89. The van der Waals surface area contributed by atoms with Crippen molar-refractivity contribution < 1.29 is 4.79 Å². The summed E-state index contributed by atoms with van der Waals surface area (Å²) in [6, 6.07) is 8.41. The molecule has 1 atom stereocenters. The zero-order valence-corrected chi connectivity index (χ0v) is 15.3. The largest absolute Gasteiger partial charge is 0.341 e. The van der Waals surface area contributed by atoms with E-state index in [1.165, 1.54) is 37.7 Å². The fourth-order valence-electron chi connectivity index (χ4n) is 3.57. The summed E-state index contributed by atoms with van der Waals surface area (Å²) in [5, 5.41) is 0.759. The van der Waals surface area contributed by atoms with Gasteiger partial charge in [-0.3, -0.25) is 9.69 Å². The van der Waals surface area contributed by atoms with Gasteiger partial charge >= 0.3 is 0 Å². The molecule has 1 saturated heterocycles. The highest BCUT2D eigenvalue weighted by atomic mass is 35.5. The van der Waals surface area contributed by atoms with E-state index in [2.05, 4.69) is 17.0 Å². The standard InChI is InChI=1S/C18H25ClN2OS/c1-20(16-5-3-2-4-6-16)18(22)17-12-23-13-21(17)11-14-7-9-15(19)10-8-14/h7-10,16-17H,2-6,11-13H2,1H3/t17-/m1/s1. The smallest absolute Gasteiger partial charge is 0.240 e. The number of amides is 1. The van der Waals surface area contributed by atoms with Crippen molar-refractivity contribution in [2.45, 2.75) is 50.7 Å². The van der Waals surface area contributed by atoms with Crippen LogP contribution in [0.2, 0.25) is 5.02 Å². The van der Waals surface area contributed by atoms with E-state index < -0.39 is 0 Å². The molecule has 1 aromatic rings. The molecule has 1 aromatic carbocycles. The van der Waals surface area contributed by atoms with Gasteiger partial charge in [-0.1, -0.05) is 43.0 Å². The Bertz CT molecular complexity index is 530. The topological polar surface area (TPSA) is 23.6 Å². The Labute approximate surface area is 148 Å². The monoisotopic (exact) mass is 352 g/mol. The Morgan fingerprint density at radius 1 is 1.26 bits per heavy atom. The summed E-state index contributed by atoms with van der Waals surface area (Å²) >= 11 is 7.81. The molecule has 0 unspecified atom stereocenters. The number of benzene rings is 1. The molecule has 23 heavy (non-hydrogen) atoms. The van der Waals surface area contributed by atoms with Gasteiger partial charge in [-0.25, -0.2) is 0 Å². The van der Waals surface area contributed by atoms with Crippen LogP contribution in [0.4, 0.5) is 0 Å². The quantitative estimate of drug-likeness (QED) is 0.818. The van der Waals surface area contributed by atoms with Gasteiger partial charge in [0, 0.05) is 36.3 Å². The molecule has 1 heterocycles. The third-order valence-electron chi connectivity index (χ3n) is 5.03. The third kappa shape index (κ3) is 4.23. The van der Waals surface area contributed by atoms with Crippen molar-refractivity contribution in [3.05, 3.63) is 34.9 Å². The minimum atomic E-state index is 0.0163. The Balaban J connectivity index is 1.63. The average Bonchev–Trinajstić information content (AvgIpc) is 3.04. The van der Waals surface area contributed by atoms with Crippen molar-refractivity contribution in [1.82, 2.24) is 9.80 Å². The Morgan fingerprint density at radius 2 is 1.96 bits per heavy atom. The molecular formula is C18H25ClN2OS. The normalized spacial score (nSPS) is 23.1. The van der Waals surface area contributed by atoms with Crippen molar-refractivity contribution in [3.8, 4) is 0 Å². The highest BCUT2D eigenvalue weighted by Gasteiger charge is 2.35. The summed E-state index contributed by atoms with van der Waals surface area (Å²) in [6.07, 6.45) is 6.17. The molecule has 1 saturated carbocycles. The van der Waals surface area contributed by atoms with Crippen LogP contribution in [0.3, 0.4) is 0 Å². The predicted molar refractivity (Wildman–Crippen MR) is 97.8 cm³/mol. The van der Waals surface area contributed by atoms with Crippen LogP contribution in [-0.2, 0) is 11.3 Å². The molecule has 5 heteroatoms. The number of carbonyl (C=O) groups excluding carboxylic acids is 1. The first kappa shape index (κ1) is 17.1. The van der Waals surface area contributed by atoms with E-state index in [0.29, 0.717) is 11.9 Å². The van der Waals surface area contributed by atoms with E-state index in [1.807, 2.05) is 35.8 Å². The lowest BCUT2D eigenvalue weighted by Gasteiger charge is -2.34. The van der Waals surface area contributed by atoms with Gasteiger partial charge in [-0.15, -0.1) is 11.8 Å². The summed E-state index contributed by atoms with van der Waals surface area (Å²) < 4.78 is 0. The Morgan fingerprint density at radius 3 is 2.65 bits per heavy atom. The lowest BCUT2D eigenvalue weighted by molar-refractivity contribution is -0.137. The molecule has 0 radical (unpaired) electrons. The van der Waals surface area contributed by atoms with E-state index >= 15 is 0 Å². The van der Waals surface area contributed by atoms with Gasteiger partial charge in [0.15, 0.2) is 0 Å². The van der Waals surface area contributed by atoms with E-state index in [4.69, 9.17) is 11.6 Å². The highest BCUT2D eigenvalue weighted by molar-refractivity contribution is 7.99. The van der Waals surface area contributed by atoms with E-state index in [-0.39, 0.29) is 6.04 Å². The van der Waals surface area contributed by atoms with Gasteiger partial charge in [0.1, 0.15) is 0 Å². The number of hydrogen-bond acceptors (Lipinski definition) is 3. The second-order valence-corrected chi connectivity index (χ2v) is 8.07. The van der Waals surface area contributed by atoms with Crippen LogP contribution in [0.5, 0.6) is 0 Å². The number of nitrogens with zero attached hydrogens (tertiary/aromatic N) is 2. The summed E-state index contributed by atoms with van der Waals surface area (Å²) in [4.78, 5) is 17.3. The minimum Gasteiger partial charge on any atom is -0.341 e. The first-order valence-corrected chi connectivity index (χ1v) is 10.0. The summed E-state index contributed by atoms with van der Waals surface area (Å²) in [7, 11) is 2.00. The first-order chi connectivity index (χ1) is 11.1. The van der Waals surface area contributed by atoms with Gasteiger partial charge in [-0.05, 0) is 30.5 Å². The fraction of sp³-hybridized carbons (Fsp3) is 0.611.